The molecule has 0 atom stereocenters. The molecule has 2 heterocycles. The van der Waals surface area contributed by atoms with Gasteiger partial charge >= 0.3 is 5.97 Å². The van der Waals surface area contributed by atoms with E-state index in [4.69, 9.17) is 21.1 Å². The molecule has 0 fully saturated rings. The van der Waals surface area contributed by atoms with Crippen LogP contribution < -0.4 is 4.74 Å². The molecule has 7 heteroatoms. The average molecular weight is 385 g/mol. The van der Waals surface area contributed by atoms with Crippen molar-refractivity contribution in [2.24, 2.45) is 0 Å². The first kappa shape index (κ1) is 18.5. The highest BCUT2D eigenvalue weighted by molar-refractivity contribution is 6.30. The number of pyridine rings is 2. The van der Waals surface area contributed by atoms with Crippen molar-refractivity contribution >= 4 is 23.6 Å². The third kappa shape index (κ3) is 5.36. The molecule has 0 radical (unpaired) electrons. The van der Waals surface area contributed by atoms with Crippen molar-refractivity contribution in [1.29, 1.82) is 0 Å². The lowest BCUT2D eigenvalue weighted by molar-refractivity contribution is -0.138. The molecule has 2 aromatic heterocycles. The van der Waals surface area contributed by atoms with Gasteiger partial charge in [0.15, 0.2) is 11.6 Å². The van der Waals surface area contributed by atoms with E-state index in [0.29, 0.717) is 16.9 Å². The molecule has 0 saturated heterocycles. The van der Waals surface area contributed by atoms with Crippen LogP contribution in [0.25, 0.3) is 6.08 Å². The maximum atomic E-state index is 14.2. The molecule has 3 aromatic rings. The number of hydrogen-bond donors (Lipinski definition) is 0. The van der Waals surface area contributed by atoms with Crippen LogP contribution in [0.1, 0.15) is 11.1 Å². The maximum Gasteiger partial charge on any atom is 0.331 e. The van der Waals surface area contributed by atoms with Crippen LogP contribution in [-0.2, 0) is 16.1 Å². The van der Waals surface area contributed by atoms with Crippen molar-refractivity contribution in [1.82, 2.24) is 9.97 Å². The van der Waals surface area contributed by atoms with E-state index < -0.39 is 11.8 Å². The van der Waals surface area contributed by atoms with E-state index in [2.05, 4.69) is 9.97 Å². The molecule has 5 nitrogen and oxygen atoms in total. The number of carbonyl (C=O) groups is 1. The lowest BCUT2D eigenvalue weighted by Crippen LogP contribution is -2.01. The van der Waals surface area contributed by atoms with Crippen LogP contribution in [0.4, 0.5) is 4.39 Å². The Labute approximate surface area is 160 Å². The number of ether oxygens (including phenoxy) is 2. The first-order valence-electron chi connectivity index (χ1n) is 7.93. The van der Waals surface area contributed by atoms with Crippen LogP contribution in [0.3, 0.4) is 0 Å². The molecule has 0 aliphatic carbocycles. The Morgan fingerprint density at radius 3 is 2.78 bits per heavy atom. The summed E-state index contributed by atoms with van der Waals surface area (Å²) < 4.78 is 24.7. The van der Waals surface area contributed by atoms with Crippen molar-refractivity contribution in [3.8, 4) is 11.5 Å². The number of esters is 1. The minimum atomic E-state index is -0.578. The number of aromatic nitrogens is 2. The highest BCUT2D eigenvalue weighted by Gasteiger charge is 2.07. The smallest absolute Gasteiger partial charge is 0.331 e. The minimum Gasteiger partial charge on any atom is -0.458 e. The standard InChI is InChI=1S/C20H14ClFN2O3/c21-20-15(3-1-10-24-20)13-26-19(25)8-6-14-5-7-18(17(22)11-14)27-16-4-2-9-23-12-16/h1-12H,13H2/b8-6+. The second-order valence-corrected chi connectivity index (χ2v) is 5.73. The third-order valence-electron chi connectivity index (χ3n) is 3.44. The Bertz CT molecular complexity index is 964. The molecule has 0 saturated carbocycles. The van der Waals surface area contributed by atoms with Crippen LogP contribution >= 0.6 is 11.6 Å². The monoisotopic (exact) mass is 384 g/mol. The Morgan fingerprint density at radius 1 is 1.19 bits per heavy atom. The van der Waals surface area contributed by atoms with Gasteiger partial charge in [-0.05, 0) is 42.0 Å². The fraction of sp³-hybridized carbons (Fsp3) is 0.0500. The molecule has 0 unspecified atom stereocenters. The van der Waals surface area contributed by atoms with Gasteiger partial charge in [-0.15, -0.1) is 0 Å². The van der Waals surface area contributed by atoms with E-state index in [1.54, 1.807) is 42.7 Å². The first-order valence-corrected chi connectivity index (χ1v) is 8.31. The summed E-state index contributed by atoms with van der Waals surface area (Å²) in [6.07, 6.45) is 7.28. The molecule has 0 amide bonds. The fourth-order valence-electron chi connectivity index (χ4n) is 2.13. The molecule has 0 bridgehead atoms. The quantitative estimate of drug-likeness (QED) is 0.346. The normalized spacial score (nSPS) is 10.7. The van der Waals surface area contributed by atoms with Crippen LogP contribution in [0.15, 0.2) is 67.1 Å². The molecular weight excluding hydrogens is 371 g/mol. The molecular formula is C20H14ClFN2O3. The summed E-state index contributed by atoms with van der Waals surface area (Å²) in [5, 5.41) is 0.278. The van der Waals surface area contributed by atoms with Gasteiger partial charge < -0.3 is 9.47 Å². The van der Waals surface area contributed by atoms with Gasteiger partial charge in [0.25, 0.3) is 0 Å². The van der Waals surface area contributed by atoms with Gasteiger partial charge in [-0.3, -0.25) is 4.98 Å². The van der Waals surface area contributed by atoms with E-state index in [1.165, 1.54) is 30.5 Å². The predicted octanol–water partition coefficient (Wildman–Crippen LogP) is 4.82. The summed E-state index contributed by atoms with van der Waals surface area (Å²) in [5.41, 5.74) is 1.09. The zero-order valence-corrected chi connectivity index (χ0v) is 14.8. The lowest BCUT2D eigenvalue weighted by atomic mass is 10.2. The van der Waals surface area contributed by atoms with Gasteiger partial charge in [0, 0.05) is 24.0 Å². The lowest BCUT2D eigenvalue weighted by Gasteiger charge is -2.06. The van der Waals surface area contributed by atoms with Crippen molar-refractivity contribution in [3.05, 3.63) is 89.2 Å². The highest BCUT2D eigenvalue weighted by atomic mass is 35.5. The average Bonchev–Trinajstić information content (AvgIpc) is 2.68. The summed E-state index contributed by atoms with van der Waals surface area (Å²) in [5.74, 6) is -0.645. The predicted molar refractivity (Wildman–Crippen MR) is 98.8 cm³/mol. The second kappa shape index (κ2) is 8.91. The number of nitrogens with zero attached hydrogens (tertiary/aromatic N) is 2. The molecule has 0 aliphatic heterocycles. The van der Waals surface area contributed by atoms with E-state index in [9.17, 15) is 9.18 Å². The molecule has 1 aromatic carbocycles. The Morgan fingerprint density at radius 2 is 2.04 bits per heavy atom. The van der Waals surface area contributed by atoms with Crippen molar-refractivity contribution in [2.45, 2.75) is 6.61 Å². The highest BCUT2D eigenvalue weighted by Crippen LogP contribution is 2.24. The Hall–Kier alpha value is -3.25. The van der Waals surface area contributed by atoms with Crippen LogP contribution in [0.2, 0.25) is 5.15 Å². The van der Waals surface area contributed by atoms with E-state index >= 15 is 0 Å². The summed E-state index contributed by atoms with van der Waals surface area (Å²) >= 11 is 5.89. The van der Waals surface area contributed by atoms with Crippen LogP contribution in [-0.4, -0.2) is 15.9 Å². The van der Waals surface area contributed by atoms with Crippen LogP contribution in [0, 0.1) is 5.82 Å². The van der Waals surface area contributed by atoms with Gasteiger partial charge in [-0.2, -0.15) is 0 Å². The molecule has 136 valence electrons. The minimum absolute atomic E-state index is 0.00208. The van der Waals surface area contributed by atoms with Crippen molar-refractivity contribution < 1.29 is 18.7 Å². The summed E-state index contributed by atoms with van der Waals surface area (Å²) in [6, 6.07) is 11.1. The number of hydrogen-bond acceptors (Lipinski definition) is 5. The number of benzene rings is 1. The second-order valence-electron chi connectivity index (χ2n) is 5.38. The summed E-state index contributed by atoms with van der Waals surface area (Å²) in [6.45, 7) is 0.00208. The SMILES string of the molecule is O=C(/C=C/c1ccc(Oc2cccnc2)c(F)c1)OCc1cccnc1Cl. The number of halogens is 2. The maximum absolute atomic E-state index is 14.2. The zero-order valence-electron chi connectivity index (χ0n) is 14.0. The van der Waals surface area contributed by atoms with Gasteiger partial charge in [0.1, 0.15) is 17.5 Å². The zero-order chi connectivity index (χ0) is 19.1. The Kier molecular flexibility index (Phi) is 6.12. The van der Waals surface area contributed by atoms with E-state index in [-0.39, 0.29) is 17.5 Å². The number of rotatable bonds is 6. The van der Waals surface area contributed by atoms with Crippen LogP contribution in [0.5, 0.6) is 11.5 Å². The summed E-state index contributed by atoms with van der Waals surface area (Å²) in [7, 11) is 0. The Balaban J connectivity index is 1.59. The van der Waals surface area contributed by atoms with E-state index in [1.807, 2.05) is 0 Å². The van der Waals surface area contributed by atoms with Gasteiger partial charge in [0.2, 0.25) is 0 Å². The topological polar surface area (TPSA) is 61.3 Å². The molecule has 0 aliphatic rings. The molecule has 0 spiro atoms. The van der Waals surface area contributed by atoms with Crippen molar-refractivity contribution in [2.75, 3.05) is 0 Å². The van der Waals surface area contributed by atoms with Gasteiger partial charge in [-0.1, -0.05) is 23.7 Å². The first-order chi connectivity index (χ1) is 13.1. The largest absolute Gasteiger partial charge is 0.458 e. The van der Waals surface area contributed by atoms with E-state index in [0.717, 1.165) is 0 Å². The van der Waals surface area contributed by atoms with Gasteiger partial charge in [-0.25, -0.2) is 14.2 Å². The molecule has 0 N–H and O–H groups in total. The molecule has 27 heavy (non-hydrogen) atoms. The van der Waals surface area contributed by atoms with Crippen molar-refractivity contribution in [3.63, 3.8) is 0 Å². The third-order valence-corrected chi connectivity index (χ3v) is 3.78. The summed E-state index contributed by atoms with van der Waals surface area (Å²) in [4.78, 5) is 19.6. The molecule has 3 rings (SSSR count). The fourth-order valence-corrected chi connectivity index (χ4v) is 2.30. The van der Waals surface area contributed by atoms with Gasteiger partial charge in [0.05, 0.1) is 6.20 Å². The number of carbonyl (C=O) groups excluding carboxylic acids is 1.